The van der Waals surface area contributed by atoms with Crippen molar-refractivity contribution in [3.63, 3.8) is 0 Å². The standard InChI is InChI=1S/C23H20ClN3O4/c1-13-17(22(28)26-16-7-5-15(24)6-8-16)10-20(27(13)2)18-11-21(30-3)14(12-25)9-19(18)23(29)31-4/h5-11H,1-4H3,(H,26,28). The number of ether oxygens (including phenoxy) is 2. The Bertz CT molecular complexity index is 1210. The highest BCUT2D eigenvalue weighted by atomic mass is 35.5. The highest BCUT2D eigenvalue weighted by Gasteiger charge is 2.23. The number of hydrogen-bond donors (Lipinski definition) is 1. The van der Waals surface area contributed by atoms with E-state index in [-0.39, 0.29) is 17.0 Å². The Hall–Kier alpha value is -3.76. The van der Waals surface area contributed by atoms with Crippen LogP contribution < -0.4 is 10.1 Å². The van der Waals surface area contributed by atoms with Crippen molar-refractivity contribution in [3.8, 4) is 23.1 Å². The molecule has 3 rings (SSSR count). The van der Waals surface area contributed by atoms with Crippen LogP contribution in [-0.2, 0) is 11.8 Å². The van der Waals surface area contributed by atoms with E-state index in [1.165, 1.54) is 20.3 Å². The molecule has 2 aromatic carbocycles. The predicted octanol–water partition coefficient (Wildman–Crippen LogP) is 4.57. The number of rotatable bonds is 5. The largest absolute Gasteiger partial charge is 0.495 e. The average Bonchev–Trinajstić information content (AvgIpc) is 3.08. The third-order valence-electron chi connectivity index (χ3n) is 5.02. The van der Waals surface area contributed by atoms with Crippen molar-refractivity contribution in [2.75, 3.05) is 19.5 Å². The number of anilines is 1. The lowest BCUT2D eigenvalue weighted by Crippen LogP contribution is -2.12. The van der Waals surface area contributed by atoms with Gasteiger partial charge in [0.05, 0.1) is 30.9 Å². The van der Waals surface area contributed by atoms with E-state index in [0.29, 0.717) is 39.0 Å². The van der Waals surface area contributed by atoms with Gasteiger partial charge in [-0.1, -0.05) is 11.6 Å². The molecule has 31 heavy (non-hydrogen) atoms. The van der Waals surface area contributed by atoms with Crippen LogP contribution in [0.1, 0.15) is 32.0 Å². The zero-order valence-electron chi connectivity index (χ0n) is 17.4. The molecule has 0 bridgehead atoms. The molecule has 0 aliphatic rings. The Morgan fingerprint density at radius 3 is 2.35 bits per heavy atom. The number of halogens is 1. The van der Waals surface area contributed by atoms with Crippen LogP contribution in [0.2, 0.25) is 5.02 Å². The molecule has 158 valence electrons. The molecule has 0 spiro atoms. The van der Waals surface area contributed by atoms with E-state index in [9.17, 15) is 14.9 Å². The van der Waals surface area contributed by atoms with E-state index in [4.69, 9.17) is 21.1 Å². The van der Waals surface area contributed by atoms with Gasteiger partial charge in [-0.2, -0.15) is 5.26 Å². The molecule has 1 aromatic heterocycles. The third-order valence-corrected chi connectivity index (χ3v) is 5.28. The molecule has 1 heterocycles. The van der Waals surface area contributed by atoms with Crippen LogP contribution in [-0.4, -0.2) is 30.7 Å². The number of methoxy groups -OCH3 is 2. The minimum atomic E-state index is -0.597. The summed E-state index contributed by atoms with van der Waals surface area (Å²) in [7, 11) is 4.50. The fourth-order valence-electron chi connectivity index (χ4n) is 3.25. The normalized spacial score (nSPS) is 10.3. The summed E-state index contributed by atoms with van der Waals surface area (Å²) in [4.78, 5) is 25.3. The van der Waals surface area contributed by atoms with Crippen molar-refractivity contribution < 1.29 is 19.1 Å². The lowest BCUT2D eigenvalue weighted by atomic mass is 10.00. The third kappa shape index (κ3) is 4.25. The monoisotopic (exact) mass is 437 g/mol. The van der Waals surface area contributed by atoms with Gasteiger partial charge in [0.2, 0.25) is 0 Å². The number of esters is 1. The van der Waals surface area contributed by atoms with Crippen molar-refractivity contribution >= 4 is 29.2 Å². The van der Waals surface area contributed by atoms with Crippen LogP contribution in [0, 0.1) is 18.3 Å². The molecule has 3 aromatic rings. The minimum absolute atomic E-state index is 0.199. The molecule has 0 saturated heterocycles. The number of nitriles is 1. The van der Waals surface area contributed by atoms with Gasteiger partial charge in [0.15, 0.2) is 0 Å². The molecule has 8 heteroatoms. The van der Waals surface area contributed by atoms with Crippen LogP contribution >= 0.6 is 11.6 Å². The van der Waals surface area contributed by atoms with Gasteiger partial charge < -0.3 is 19.4 Å². The smallest absolute Gasteiger partial charge is 0.338 e. The van der Waals surface area contributed by atoms with Crippen LogP contribution in [0.5, 0.6) is 5.75 Å². The second kappa shape index (κ2) is 8.94. The summed E-state index contributed by atoms with van der Waals surface area (Å²) in [5.74, 6) is -0.585. The highest BCUT2D eigenvalue weighted by Crippen LogP contribution is 2.34. The summed E-state index contributed by atoms with van der Waals surface area (Å²) in [5, 5.41) is 12.8. The first-order valence-corrected chi connectivity index (χ1v) is 9.62. The van der Waals surface area contributed by atoms with E-state index in [1.54, 1.807) is 54.9 Å². The summed E-state index contributed by atoms with van der Waals surface area (Å²) in [6.45, 7) is 1.80. The van der Waals surface area contributed by atoms with Crippen LogP contribution in [0.4, 0.5) is 5.69 Å². The first-order valence-electron chi connectivity index (χ1n) is 9.24. The molecule has 0 atom stereocenters. The molecule has 1 amide bonds. The maximum absolute atomic E-state index is 12.9. The van der Waals surface area contributed by atoms with E-state index in [1.807, 2.05) is 6.07 Å². The van der Waals surface area contributed by atoms with Crippen molar-refractivity contribution in [1.82, 2.24) is 4.57 Å². The van der Waals surface area contributed by atoms with Gasteiger partial charge in [-0.25, -0.2) is 4.79 Å². The van der Waals surface area contributed by atoms with E-state index < -0.39 is 5.97 Å². The van der Waals surface area contributed by atoms with Gasteiger partial charge in [0, 0.05) is 34.7 Å². The second-order valence-corrected chi connectivity index (χ2v) is 7.19. The zero-order valence-corrected chi connectivity index (χ0v) is 18.2. The summed E-state index contributed by atoms with van der Waals surface area (Å²) in [5.41, 5.74) is 3.23. The molecule has 1 N–H and O–H groups in total. The summed E-state index contributed by atoms with van der Waals surface area (Å²) in [6.07, 6.45) is 0. The Labute approximate surface area is 184 Å². The lowest BCUT2D eigenvalue weighted by molar-refractivity contribution is 0.0601. The van der Waals surface area contributed by atoms with Crippen LogP contribution in [0.25, 0.3) is 11.3 Å². The molecule has 0 aliphatic carbocycles. The predicted molar refractivity (Wildman–Crippen MR) is 118 cm³/mol. The summed E-state index contributed by atoms with van der Waals surface area (Å²) < 4.78 is 12.0. The molecular weight excluding hydrogens is 418 g/mol. The minimum Gasteiger partial charge on any atom is -0.495 e. The van der Waals surface area contributed by atoms with Gasteiger partial charge in [0.25, 0.3) is 5.91 Å². The Morgan fingerprint density at radius 1 is 1.10 bits per heavy atom. The maximum Gasteiger partial charge on any atom is 0.338 e. The average molecular weight is 438 g/mol. The lowest BCUT2D eigenvalue weighted by Gasteiger charge is -2.13. The quantitative estimate of drug-likeness (QED) is 0.590. The molecule has 0 saturated carbocycles. The molecular formula is C23H20ClN3O4. The Kier molecular flexibility index (Phi) is 6.33. The summed E-state index contributed by atoms with van der Waals surface area (Å²) in [6, 6.07) is 13.5. The fraction of sp³-hybridized carbons (Fsp3) is 0.174. The number of nitrogens with one attached hydrogen (secondary N) is 1. The van der Waals surface area contributed by atoms with Gasteiger partial charge in [-0.05, 0) is 49.4 Å². The van der Waals surface area contributed by atoms with Gasteiger partial charge in [0.1, 0.15) is 11.8 Å². The number of benzene rings is 2. The first-order chi connectivity index (χ1) is 14.8. The Morgan fingerprint density at radius 2 is 1.77 bits per heavy atom. The molecule has 0 aliphatic heterocycles. The molecule has 0 radical (unpaired) electrons. The number of carbonyl (C=O) groups excluding carboxylic acids is 2. The molecule has 0 unspecified atom stereocenters. The first kappa shape index (κ1) is 21.9. The SMILES string of the molecule is COC(=O)c1cc(C#N)c(OC)cc1-c1cc(C(=O)Nc2ccc(Cl)cc2)c(C)n1C. The van der Waals surface area contributed by atoms with Crippen LogP contribution in [0.15, 0.2) is 42.5 Å². The van der Waals surface area contributed by atoms with Gasteiger partial charge in [-0.15, -0.1) is 0 Å². The number of nitrogens with zero attached hydrogens (tertiary/aromatic N) is 2. The number of hydrogen-bond acceptors (Lipinski definition) is 5. The van der Waals surface area contributed by atoms with Crippen molar-refractivity contribution in [3.05, 3.63) is 69.9 Å². The van der Waals surface area contributed by atoms with E-state index >= 15 is 0 Å². The molecule has 7 nitrogen and oxygen atoms in total. The van der Waals surface area contributed by atoms with Crippen molar-refractivity contribution in [2.45, 2.75) is 6.92 Å². The number of carbonyl (C=O) groups is 2. The van der Waals surface area contributed by atoms with Gasteiger partial charge in [-0.3, -0.25) is 4.79 Å². The number of aromatic nitrogens is 1. The topological polar surface area (TPSA) is 93.4 Å². The number of amides is 1. The zero-order chi connectivity index (χ0) is 22.7. The van der Waals surface area contributed by atoms with Gasteiger partial charge >= 0.3 is 5.97 Å². The maximum atomic E-state index is 12.9. The van der Waals surface area contributed by atoms with Crippen molar-refractivity contribution in [1.29, 1.82) is 5.26 Å². The Balaban J connectivity index is 2.10. The van der Waals surface area contributed by atoms with Crippen molar-refractivity contribution in [2.24, 2.45) is 7.05 Å². The van der Waals surface area contributed by atoms with Crippen LogP contribution in [0.3, 0.4) is 0 Å². The highest BCUT2D eigenvalue weighted by molar-refractivity contribution is 6.30. The van der Waals surface area contributed by atoms with E-state index in [0.717, 1.165) is 0 Å². The van der Waals surface area contributed by atoms with E-state index in [2.05, 4.69) is 5.32 Å². The molecule has 0 fully saturated rings. The second-order valence-electron chi connectivity index (χ2n) is 6.75. The summed E-state index contributed by atoms with van der Waals surface area (Å²) >= 11 is 5.90. The fourth-order valence-corrected chi connectivity index (χ4v) is 3.37.